The van der Waals surface area contributed by atoms with Crippen LogP contribution in [-0.2, 0) is 4.79 Å². The molecule has 1 saturated carbocycles. The van der Waals surface area contributed by atoms with Crippen LogP contribution in [0, 0.1) is 11.3 Å². The van der Waals surface area contributed by atoms with E-state index in [2.05, 4.69) is 15.6 Å². The summed E-state index contributed by atoms with van der Waals surface area (Å²) in [4.78, 5) is 16.5. The number of carbonyl (C=O) groups is 1. The molecule has 1 aromatic carbocycles. The third kappa shape index (κ3) is 3.49. The second kappa shape index (κ2) is 6.93. The van der Waals surface area contributed by atoms with Crippen molar-refractivity contribution >= 4 is 22.5 Å². The first kappa shape index (κ1) is 15.0. The molecule has 3 rings (SSSR count). The molecule has 1 aliphatic rings. The molecule has 0 saturated heterocycles. The molecular weight excluding hydrogens is 288 g/mol. The topological polar surface area (TPSA) is 77.8 Å². The van der Waals surface area contributed by atoms with Gasteiger partial charge in [0.15, 0.2) is 0 Å². The maximum absolute atomic E-state index is 12.2. The SMILES string of the molecule is N#C/C(=C/Nc1cccc2cccnc12)C(=O)NC1CCCC1. The Bertz CT molecular complexity index is 780. The largest absolute Gasteiger partial charge is 0.358 e. The predicted molar refractivity (Wildman–Crippen MR) is 89.5 cm³/mol. The zero-order valence-electron chi connectivity index (χ0n) is 12.7. The second-order valence-corrected chi connectivity index (χ2v) is 5.65. The minimum Gasteiger partial charge on any atom is -0.358 e. The van der Waals surface area contributed by atoms with E-state index in [4.69, 9.17) is 0 Å². The number of nitrogens with zero attached hydrogens (tertiary/aromatic N) is 2. The molecule has 2 N–H and O–H groups in total. The summed E-state index contributed by atoms with van der Waals surface area (Å²) < 4.78 is 0. The van der Waals surface area contributed by atoms with Crippen molar-refractivity contribution in [1.29, 1.82) is 5.26 Å². The molecule has 1 aromatic heterocycles. The summed E-state index contributed by atoms with van der Waals surface area (Å²) >= 11 is 0. The molecule has 1 fully saturated rings. The van der Waals surface area contributed by atoms with E-state index in [1.54, 1.807) is 6.20 Å². The van der Waals surface area contributed by atoms with Crippen LogP contribution in [-0.4, -0.2) is 16.9 Å². The highest BCUT2D eigenvalue weighted by Gasteiger charge is 2.19. The van der Waals surface area contributed by atoms with E-state index < -0.39 is 0 Å². The van der Waals surface area contributed by atoms with Gasteiger partial charge in [0.2, 0.25) is 0 Å². The fraction of sp³-hybridized carbons (Fsp3) is 0.278. The lowest BCUT2D eigenvalue weighted by Crippen LogP contribution is -2.33. The standard InChI is InChI=1S/C18H18N4O/c19-11-14(18(23)22-15-7-1-2-8-15)12-21-16-9-3-5-13-6-4-10-20-17(13)16/h3-6,9-10,12,15,21H,1-2,7-8H2,(H,22,23)/b14-12-. The Morgan fingerprint density at radius 3 is 2.83 bits per heavy atom. The van der Waals surface area contributed by atoms with Gasteiger partial charge in [0.1, 0.15) is 11.6 Å². The van der Waals surface area contributed by atoms with E-state index in [0.717, 1.165) is 42.3 Å². The van der Waals surface area contributed by atoms with Crippen LogP contribution in [0.2, 0.25) is 0 Å². The number of amides is 1. The van der Waals surface area contributed by atoms with Crippen molar-refractivity contribution < 1.29 is 4.79 Å². The number of rotatable bonds is 4. The first-order valence-corrected chi connectivity index (χ1v) is 7.79. The van der Waals surface area contributed by atoms with Crippen LogP contribution in [0.3, 0.4) is 0 Å². The fourth-order valence-corrected chi connectivity index (χ4v) is 2.85. The van der Waals surface area contributed by atoms with Gasteiger partial charge in [-0.05, 0) is 25.0 Å². The van der Waals surface area contributed by atoms with E-state index in [-0.39, 0.29) is 17.5 Å². The average Bonchev–Trinajstić information content (AvgIpc) is 3.08. The van der Waals surface area contributed by atoms with Crippen LogP contribution in [0.25, 0.3) is 10.9 Å². The van der Waals surface area contributed by atoms with Crippen LogP contribution < -0.4 is 10.6 Å². The smallest absolute Gasteiger partial charge is 0.263 e. The summed E-state index contributed by atoms with van der Waals surface area (Å²) in [5.41, 5.74) is 1.65. The summed E-state index contributed by atoms with van der Waals surface area (Å²) in [5, 5.41) is 16.2. The molecule has 1 heterocycles. The molecule has 5 nitrogen and oxygen atoms in total. The van der Waals surface area contributed by atoms with Gasteiger partial charge in [0, 0.05) is 23.8 Å². The summed E-state index contributed by atoms with van der Waals surface area (Å²) in [6.45, 7) is 0. The number of hydrogen-bond acceptors (Lipinski definition) is 4. The van der Waals surface area contributed by atoms with E-state index in [9.17, 15) is 10.1 Å². The Balaban J connectivity index is 1.76. The molecule has 0 aliphatic heterocycles. The number of benzene rings is 1. The first-order valence-electron chi connectivity index (χ1n) is 7.79. The summed E-state index contributed by atoms with van der Waals surface area (Å²) in [6, 6.07) is 11.7. The molecule has 1 amide bonds. The Hall–Kier alpha value is -2.87. The summed E-state index contributed by atoms with van der Waals surface area (Å²) in [5.74, 6) is -0.319. The molecule has 0 spiro atoms. The third-order valence-electron chi connectivity index (χ3n) is 4.06. The Morgan fingerprint density at radius 1 is 1.26 bits per heavy atom. The van der Waals surface area contributed by atoms with Crippen molar-refractivity contribution in [2.45, 2.75) is 31.7 Å². The van der Waals surface area contributed by atoms with Gasteiger partial charge in [0.25, 0.3) is 5.91 Å². The number of aromatic nitrogens is 1. The molecule has 23 heavy (non-hydrogen) atoms. The number of para-hydroxylation sites is 1. The Morgan fingerprint density at radius 2 is 2.04 bits per heavy atom. The maximum atomic E-state index is 12.2. The minimum atomic E-state index is -0.319. The number of fused-ring (bicyclic) bond motifs is 1. The highest BCUT2D eigenvalue weighted by Crippen LogP contribution is 2.21. The highest BCUT2D eigenvalue weighted by molar-refractivity contribution is 5.98. The van der Waals surface area contributed by atoms with Crippen LogP contribution in [0.4, 0.5) is 5.69 Å². The van der Waals surface area contributed by atoms with Gasteiger partial charge in [-0.1, -0.05) is 31.0 Å². The zero-order chi connectivity index (χ0) is 16.1. The van der Waals surface area contributed by atoms with Gasteiger partial charge in [0.05, 0.1) is 11.2 Å². The van der Waals surface area contributed by atoms with E-state index >= 15 is 0 Å². The molecule has 0 unspecified atom stereocenters. The van der Waals surface area contributed by atoms with E-state index in [1.165, 1.54) is 6.20 Å². The molecule has 1 aliphatic carbocycles. The van der Waals surface area contributed by atoms with Gasteiger partial charge in [-0.2, -0.15) is 5.26 Å². The lowest BCUT2D eigenvalue weighted by molar-refractivity contribution is -0.117. The molecular formula is C18H18N4O. The van der Waals surface area contributed by atoms with Crippen molar-refractivity contribution in [3.63, 3.8) is 0 Å². The summed E-state index contributed by atoms with van der Waals surface area (Å²) in [6.07, 6.45) is 7.42. The average molecular weight is 306 g/mol. The van der Waals surface area contributed by atoms with E-state index in [1.807, 2.05) is 36.4 Å². The van der Waals surface area contributed by atoms with Gasteiger partial charge in [-0.3, -0.25) is 9.78 Å². The normalized spacial score (nSPS) is 15.3. The lowest BCUT2D eigenvalue weighted by atomic mass is 10.2. The van der Waals surface area contributed by atoms with Crippen LogP contribution in [0.5, 0.6) is 0 Å². The van der Waals surface area contributed by atoms with Crippen LogP contribution >= 0.6 is 0 Å². The van der Waals surface area contributed by atoms with Crippen molar-refractivity contribution in [2.24, 2.45) is 0 Å². The lowest BCUT2D eigenvalue weighted by Gasteiger charge is -2.11. The quantitative estimate of drug-likeness (QED) is 0.672. The molecule has 0 bridgehead atoms. The van der Waals surface area contributed by atoms with Crippen LogP contribution in [0.1, 0.15) is 25.7 Å². The van der Waals surface area contributed by atoms with Crippen LogP contribution in [0.15, 0.2) is 48.3 Å². The molecule has 0 atom stereocenters. The number of nitrogens with one attached hydrogen (secondary N) is 2. The highest BCUT2D eigenvalue weighted by atomic mass is 16.1. The van der Waals surface area contributed by atoms with Crippen molar-refractivity contribution in [3.8, 4) is 6.07 Å². The molecule has 116 valence electrons. The summed E-state index contributed by atoms with van der Waals surface area (Å²) in [7, 11) is 0. The monoisotopic (exact) mass is 306 g/mol. The van der Waals surface area contributed by atoms with Gasteiger partial charge < -0.3 is 10.6 Å². The van der Waals surface area contributed by atoms with Gasteiger partial charge >= 0.3 is 0 Å². The zero-order valence-corrected chi connectivity index (χ0v) is 12.7. The minimum absolute atomic E-state index is 0.0739. The number of hydrogen-bond donors (Lipinski definition) is 2. The Kier molecular flexibility index (Phi) is 4.53. The number of carbonyl (C=O) groups excluding carboxylic acids is 1. The first-order chi connectivity index (χ1) is 11.3. The molecule has 2 aromatic rings. The Labute approximate surface area is 135 Å². The molecule has 0 radical (unpaired) electrons. The molecule has 5 heteroatoms. The van der Waals surface area contributed by atoms with Gasteiger partial charge in [-0.25, -0.2) is 0 Å². The maximum Gasteiger partial charge on any atom is 0.263 e. The fourth-order valence-electron chi connectivity index (χ4n) is 2.85. The third-order valence-corrected chi connectivity index (χ3v) is 4.06. The predicted octanol–water partition coefficient (Wildman–Crippen LogP) is 3.11. The van der Waals surface area contributed by atoms with E-state index in [0.29, 0.717) is 0 Å². The van der Waals surface area contributed by atoms with Crippen molar-refractivity contribution in [2.75, 3.05) is 5.32 Å². The number of pyridine rings is 1. The number of anilines is 1. The van der Waals surface area contributed by atoms with Gasteiger partial charge in [-0.15, -0.1) is 0 Å². The van der Waals surface area contributed by atoms with Crippen molar-refractivity contribution in [1.82, 2.24) is 10.3 Å². The number of nitriles is 1. The van der Waals surface area contributed by atoms with Crippen molar-refractivity contribution in [3.05, 3.63) is 48.3 Å². The second-order valence-electron chi connectivity index (χ2n) is 5.65.